The lowest BCUT2D eigenvalue weighted by Crippen LogP contribution is -2.26. The first kappa shape index (κ1) is 15.7. The number of aromatic nitrogens is 2. The lowest BCUT2D eigenvalue weighted by atomic mass is 9.92. The predicted molar refractivity (Wildman–Crippen MR) is 80.8 cm³/mol. The van der Waals surface area contributed by atoms with Gasteiger partial charge in [0, 0.05) is 7.05 Å². The van der Waals surface area contributed by atoms with Crippen LogP contribution in [0.2, 0.25) is 0 Å². The van der Waals surface area contributed by atoms with Crippen LogP contribution in [0.5, 0.6) is 0 Å². The summed E-state index contributed by atoms with van der Waals surface area (Å²) in [4.78, 5) is 0. The van der Waals surface area contributed by atoms with Gasteiger partial charge in [0.1, 0.15) is 0 Å². The Hall–Kier alpha value is -0.350. The molecule has 0 spiro atoms. The molecule has 18 heavy (non-hydrogen) atoms. The highest BCUT2D eigenvalue weighted by Crippen LogP contribution is 2.25. The highest BCUT2D eigenvalue weighted by molar-refractivity contribution is 9.10. The number of halogens is 1. The van der Waals surface area contributed by atoms with Crippen LogP contribution >= 0.6 is 15.9 Å². The molecule has 0 saturated carbocycles. The van der Waals surface area contributed by atoms with E-state index >= 15 is 0 Å². The Morgan fingerprint density at radius 3 is 2.50 bits per heavy atom. The second-order valence-corrected chi connectivity index (χ2v) is 6.27. The van der Waals surface area contributed by atoms with E-state index in [0.717, 1.165) is 31.1 Å². The number of hydrogen-bond acceptors (Lipinski definition) is 2. The molecule has 1 aromatic heterocycles. The molecule has 0 amide bonds. The summed E-state index contributed by atoms with van der Waals surface area (Å²) >= 11 is 3.66. The molecule has 1 heterocycles. The summed E-state index contributed by atoms with van der Waals surface area (Å²) in [5, 5.41) is 7.95. The lowest BCUT2D eigenvalue weighted by Gasteiger charge is -2.19. The molecule has 1 atom stereocenters. The van der Waals surface area contributed by atoms with E-state index < -0.39 is 0 Å². The number of nitrogens with zero attached hydrogens (tertiary/aromatic N) is 2. The molecule has 0 radical (unpaired) electrons. The SMILES string of the molecule is CCNCC(Cc1c(Br)c(C)nn1C)CC(C)C. The Kier molecular flexibility index (Phi) is 6.36. The van der Waals surface area contributed by atoms with Gasteiger partial charge in [0.05, 0.1) is 15.9 Å². The minimum atomic E-state index is 0.677. The molecule has 0 aliphatic heterocycles. The molecule has 4 heteroatoms. The van der Waals surface area contributed by atoms with Crippen molar-refractivity contribution in [1.29, 1.82) is 0 Å². The first-order chi connectivity index (χ1) is 8.45. The molecule has 1 rings (SSSR count). The van der Waals surface area contributed by atoms with Gasteiger partial charge in [-0.05, 0) is 60.6 Å². The molecule has 1 aromatic rings. The fourth-order valence-corrected chi connectivity index (χ4v) is 2.93. The first-order valence-corrected chi connectivity index (χ1v) is 7.63. The number of aryl methyl sites for hydroxylation is 2. The van der Waals surface area contributed by atoms with Crippen molar-refractivity contribution in [2.24, 2.45) is 18.9 Å². The number of nitrogens with one attached hydrogen (secondary N) is 1. The van der Waals surface area contributed by atoms with Gasteiger partial charge in [0.15, 0.2) is 0 Å². The van der Waals surface area contributed by atoms with Crippen LogP contribution in [-0.4, -0.2) is 22.9 Å². The minimum absolute atomic E-state index is 0.677. The van der Waals surface area contributed by atoms with Gasteiger partial charge < -0.3 is 5.32 Å². The Balaban J connectivity index is 2.74. The van der Waals surface area contributed by atoms with Crippen LogP contribution < -0.4 is 5.32 Å². The second-order valence-electron chi connectivity index (χ2n) is 5.48. The summed E-state index contributed by atoms with van der Waals surface area (Å²) in [7, 11) is 2.03. The molecule has 0 aliphatic rings. The van der Waals surface area contributed by atoms with Crippen molar-refractivity contribution in [3.8, 4) is 0 Å². The summed E-state index contributed by atoms with van der Waals surface area (Å²) in [6.45, 7) is 10.9. The van der Waals surface area contributed by atoms with Crippen molar-refractivity contribution in [3.63, 3.8) is 0 Å². The molecule has 1 unspecified atom stereocenters. The van der Waals surface area contributed by atoms with E-state index in [-0.39, 0.29) is 0 Å². The van der Waals surface area contributed by atoms with Gasteiger partial charge in [0.2, 0.25) is 0 Å². The Morgan fingerprint density at radius 2 is 2.06 bits per heavy atom. The van der Waals surface area contributed by atoms with E-state index in [4.69, 9.17) is 0 Å². The number of hydrogen-bond donors (Lipinski definition) is 1. The van der Waals surface area contributed by atoms with E-state index in [1.165, 1.54) is 16.6 Å². The third kappa shape index (κ3) is 4.39. The summed E-state index contributed by atoms with van der Waals surface area (Å²) in [6, 6.07) is 0. The quantitative estimate of drug-likeness (QED) is 0.836. The van der Waals surface area contributed by atoms with E-state index in [9.17, 15) is 0 Å². The normalized spacial score (nSPS) is 13.3. The molecular formula is C14H26BrN3. The minimum Gasteiger partial charge on any atom is -0.317 e. The monoisotopic (exact) mass is 315 g/mol. The predicted octanol–water partition coefficient (Wildman–Crippen LogP) is 3.31. The highest BCUT2D eigenvalue weighted by Gasteiger charge is 2.17. The van der Waals surface area contributed by atoms with Crippen molar-refractivity contribution in [2.75, 3.05) is 13.1 Å². The third-order valence-corrected chi connectivity index (χ3v) is 4.26. The molecule has 0 bridgehead atoms. The fourth-order valence-electron chi connectivity index (χ4n) is 2.43. The average Bonchev–Trinajstić information content (AvgIpc) is 2.52. The van der Waals surface area contributed by atoms with Gasteiger partial charge in [-0.2, -0.15) is 5.10 Å². The summed E-state index contributed by atoms with van der Waals surface area (Å²) in [5.41, 5.74) is 2.40. The van der Waals surface area contributed by atoms with Crippen LogP contribution in [0.3, 0.4) is 0 Å². The van der Waals surface area contributed by atoms with Crippen LogP contribution in [0.1, 0.15) is 38.6 Å². The van der Waals surface area contributed by atoms with Crippen molar-refractivity contribution in [1.82, 2.24) is 15.1 Å². The van der Waals surface area contributed by atoms with Gasteiger partial charge >= 0.3 is 0 Å². The van der Waals surface area contributed by atoms with Crippen molar-refractivity contribution >= 4 is 15.9 Å². The van der Waals surface area contributed by atoms with E-state index in [1.54, 1.807) is 0 Å². The zero-order chi connectivity index (χ0) is 13.7. The van der Waals surface area contributed by atoms with Crippen molar-refractivity contribution in [3.05, 3.63) is 15.9 Å². The summed E-state index contributed by atoms with van der Waals surface area (Å²) in [6.07, 6.45) is 2.34. The van der Waals surface area contributed by atoms with E-state index in [0.29, 0.717) is 5.92 Å². The molecule has 1 N–H and O–H groups in total. The smallest absolute Gasteiger partial charge is 0.0738 e. The molecular weight excluding hydrogens is 290 g/mol. The lowest BCUT2D eigenvalue weighted by molar-refractivity contribution is 0.381. The molecule has 0 aromatic carbocycles. The van der Waals surface area contributed by atoms with Crippen LogP contribution in [0.4, 0.5) is 0 Å². The molecule has 0 aliphatic carbocycles. The molecule has 3 nitrogen and oxygen atoms in total. The maximum Gasteiger partial charge on any atom is 0.0738 e. The first-order valence-electron chi connectivity index (χ1n) is 6.84. The van der Waals surface area contributed by atoms with Gasteiger partial charge in [-0.1, -0.05) is 20.8 Å². The van der Waals surface area contributed by atoms with Gasteiger partial charge in [-0.25, -0.2) is 0 Å². The Bertz CT molecular complexity index is 371. The van der Waals surface area contributed by atoms with Crippen LogP contribution in [-0.2, 0) is 13.5 Å². The zero-order valence-electron chi connectivity index (χ0n) is 12.3. The fraction of sp³-hybridized carbons (Fsp3) is 0.786. The van der Waals surface area contributed by atoms with Gasteiger partial charge in [-0.3, -0.25) is 4.68 Å². The third-order valence-electron chi connectivity index (χ3n) is 3.23. The van der Waals surface area contributed by atoms with Crippen molar-refractivity contribution < 1.29 is 0 Å². The average molecular weight is 316 g/mol. The van der Waals surface area contributed by atoms with Gasteiger partial charge in [-0.15, -0.1) is 0 Å². The molecule has 104 valence electrons. The van der Waals surface area contributed by atoms with Gasteiger partial charge in [0.25, 0.3) is 0 Å². The van der Waals surface area contributed by atoms with Crippen molar-refractivity contribution in [2.45, 2.75) is 40.5 Å². The topological polar surface area (TPSA) is 29.9 Å². The standard InChI is InChI=1S/C14H26BrN3/c1-6-16-9-12(7-10(2)3)8-13-14(15)11(4)17-18(13)5/h10,12,16H,6-9H2,1-5H3. The number of rotatable bonds is 7. The van der Waals surface area contributed by atoms with Crippen LogP contribution in [0, 0.1) is 18.8 Å². The van der Waals surface area contributed by atoms with Crippen LogP contribution in [0.25, 0.3) is 0 Å². The highest BCUT2D eigenvalue weighted by atomic mass is 79.9. The largest absolute Gasteiger partial charge is 0.317 e. The Morgan fingerprint density at radius 1 is 1.39 bits per heavy atom. The zero-order valence-corrected chi connectivity index (χ0v) is 13.8. The second kappa shape index (κ2) is 7.29. The maximum absolute atomic E-state index is 4.47. The van der Waals surface area contributed by atoms with E-state index in [1.807, 2.05) is 11.7 Å². The molecule has 0 fully saturated rings. The Labute approximate surface area is 119 Å². The van der Waals surface area contributed by atoms with Crippen LogP contribution in [0.15, 0.2) is 4.47 Å². The summed E-state index contributed by atoms with van der Waals surface area (Å²) < 4.78 is 3.19. The van der Waals surface area contributed by atoms with E-state index in [2.05, 4.69) is 54.0 Å². The summed E-state index contributed by atoms with van der Waals surface area (Å²) in [5.74, 6) is 1.41. The maximum atomic E-state index is 4.47. The molecule has 0 saturated heterocycles.